The van der Waals surface area contributed by atoms with Crippen molar-refractivity contribution in [2.24, 2.45) is 0 Å². The number of halogens is 1. The number of allylic oxidation sites excluding steroid dienone is 2. The van der Waals surface area contributed by atoms with E-state index in [-0.39, 0.29) is 18.3 Å². The first-order valence-electron chi connectivity index (χ1n) is 9.63. The lowest BCUT2D eigenvalue weighted by molar-refractivity contribution is -0.137. The SMILES string of the molecule is CCCCCCCC/C=C\CCCCCCC(O)C(=O)N(C)C.Cl. The van der Waals surface area contributed by atoms with Gasteiger partial charge in [-0.15, -0.1) is 12.4 Å². The first-order valence-corrected chi connectivity index (χ1v) is 9.63. The molecule has 0 rings (SSSR count). The summed E-state index contributed by atoms with van der Waals surface area (Å²) in [6.45, 7) is 2.26. The smallest absolute Gasteiger partial charge is 0.250 e. The average Bonchev–Trinajstić information content (AvgIpc) is 2.54. The maximum absolute atomic E-state index is 11.5. The molecule has 1 N–H and O–H groups in total. The molecule has 144 valence electrons. The van der Waals surface area contributed by atoms with E-state index in [9.17, 15) is 9.90 Å². The Balaban J connectivity index is 0. The summed E-state index contributed by atoms with van der Waals surface area (Å²) in [6, 6.07) is 0. The molecule has 0 heterocycles. The summed E-state index contributed by atoms with van der Waals surface area (Å²) < 4.78 is 0. The topological polar surface area (TPSA) is 40.5 Å². The number of unbranched alkanes of at least 4 members (excludes halogenated alkanes) is 10. The highest BCUT2D eigenvalue weighted by molar-refractivity contribution is 5.85. The van der Waals surface area contributed by atoms with Gasteiger partial charge in [-0.05, 0) is 32.1 Å². The number of carbonyl (C=O) groups excluding carboxylic acids is 1. The fraction of sp³-hybridized carbons (Fsp3) is 0.850. The third-order valence-corrected chi connectivity index (χ3v) is 4.22. The van der Waals surface area contributed by atoms with E-state index >= 15 is 0 Å². The van der Waals surface area contributed by atoms with Crippen LogP contribution in [0.1, 0.15) is 90.4 Å². The maximum Gasteiger partial charge on any atom is 0.250 e. The molecule has 0 aromatic rings. The number of nitrogens with zero attached hydrogens (tertiary/aromatic N) is 1. The van der Waals surface area contributed by atoms with Gasteiger partial charge < -0.3 is 10.0 Å². The van der Waals surface area contributed by atoms with Crippen LogP contribution < -0.4 is 0 Å². The Morgan fingerprint density at radius 1 is 0.875 bits per heavy atom. The van der Waals surface area contributed by atoms with Crippen molar-refractivity contribution >= 4 is 18.3 Å². The van der Waals surface area contributed by atoms with Gasteiger partial charge in [-0.2, -0.15) is 0 Å². The van der Waals surface area contributed by atoms with Gasteiger partial charge in [0, 0.05) is 14.1 Å². The van der Waals surface area contributed by atoms with Crippen LogP contribution in [-0.4, -0.2) is 36.1 Å². The first-order chi connectivity index (χ1) is 11.1. The van der Waals surface area contributed by atoms with Crippen LogP contribution in [0.4, 0.5) is 0 Å². The largest absolute Gasteiger partial charge is 0.383 e. The van der Waals surface area contributed by atoms with Crippen LogP contribution in [0, 0.1) is 0 Å². The van der Waals surface area contributed by atoms with Gasteiger partial charge in [-0.3, -0.25) is 4.79 Å². The summed E-state index contributed by atoms with van der Waals surface area (Å²) in [6.07, 6.45) is 19.4. The van der Waals surface area contributed by atoms with Crippen LogP contribution >= 0.6 is 12.4 Å². The zero-order valence-corrected chi connectivity index (χ0v) is 17.0. The minimum atomic E-state index is -0.817. The zero-order chi connectivity index (χ0) is 17.3. The highest BCUT2D eigenvalue weighted by Gasteiger charge is 2.15. The molecular formula is C20H40ClNO2. The summed E-state index contributed by atoms with van der Waals surface area (Å²) in [5.74, 6) is -0.178. The molecule has 3 nitrogen and oxygen atoms in total. The standard InChI is InChI=1S/C20H39NO2.ClH/c1-4-5-6-7-8-9-10-11-12-13-14-15-16-17-18-19(22)20(23)21(2)3;/h11-12,19,22H,4-10,13-18H2,1-3H3;1H/b12-11-;. The molecule has 0 saturated heterocycles. The normalized spacial score (nSPS) is 12.2. The van der Waals surface area contributed by atoms with Crippen molar-refractivity contribution in [3.8, 4) is 0 Å². The third kappa shape index (κ3) is 16.3. The van der Waals surface area contributed by atoms with Gasteiger partial charge in [0.05, 0.1) is 0 Å². The van der Waals surface area contributed by atoms with Gasteiger partial charge in [0.25, 0.3) is 5.91 Å². The van der Waals surface area contributed by atoms with Gasteiger partial charge in [0.2, 0.25) is 0 Å². The van der Waals surface area contributed by atoms with E-state index in [1.54, 1.807) is 14.1 Å². The average molecular weight is 362 g/mol. The molecule has 4 heteroatoms. The summed E-state index contributed by atoms with van der Waals surface area (Å²) >= 11 is 0. The molecule has 0 aromatic carbocycles. The maximum atomic E-state index is 11.5. The van der Waals surface area contributed by atoms with Crippen molar-refractivity contribution in [1.29, 1.82) is 0 Å². The summed E-state index contributed by atoms with van der Waals surface area (Å²) in [7, 11) is 3.37. The molecule has 0 aromatic heterocycles. The molecule has 0 aliphatic heterocycles. The Morgan fingerprint density at radius 3 is 1.83 bits per heavy atom. The van der Waals surface area contributed by atoms with Crippen LogP contribution in [0.3, 0.4) is 0 Å². The number of amides is 1. The number of hydrogen-bond acceptors (Lipinski definition) is 2. The Kier molecular flexibility index (Phi) is 20.1. The molecule has 24 heavy (non-hydrogen) atoms. The lowest BCUT2D eigenvalue weighted by Gasteiger charge is -2.15. The number of carbonyl (C=O) groups is 1. The second kappa shape index (κ2) is 18.8. The van der Waals surface area contributed by atoms with Crippen molar-refractivity contribution in [2.45, 2.75) is 96.5 Å². The van der Waals surface area contributed by atoms with E-state index in [1.807, 2.05) is 0 Å². The van der Waals surface area contributed by atoms with E-state index in [4.69, 9.17) is 0 Å². The quantitative estimate of drug-likeness (QED) is 0.309. The molecule has 0 saturated carbocycles. The second-order valence-corrected chi connectivity index (χ2v) is 6.77. The van der Waals surface area contributed by atoms with E-state index in [2.05, 4.69) is 19.1 Å². The first kappa shape index (κ1) is 25.7. The Morgan fingerprint density at radius 2 is 1.33 bits per heavy atom. The third-order valence-electron chi connectivity index (χ3n) is 4.22. The van der Waals surface area contributed by atoms with Crippen LogP contribution in [0.2, 0.25) is 0 Å². The summed E-state index contributed by atoms with van der Waals surface area (Å²) in [5.41, 5.74) is 0. The van der Waals surface area contributed by atoms with Crippen molar-refractivity contribution in [1.82, 2.24) is 4.90 Å². The molecule has 1 atom stereocenters. The van der Waals surface area contributed by atoms with Gasteiger partial charge in [0.1, 0.15) is 6.10 Å². The molecular weight excluding hydrogens is 322 g/mol. The molecule has 1 unspecified atom stereocenters. The highest BCUT2D eigenvalue weighted by Crippen LogP contribution is 2.10. The van der Waals surface area contributed by atoms with Gasteiger partial charge in [0.15, 0.2) is 0 Å². The Bertz CT molecular complexity index is 306. The summed E-state index contributed by atoms with van der Waals surface area (Å²) in [4.78, 5) is 12.9. The highest BCUT2D eigenvalue weighted by atomic mass is 35.5. The minimum Gasteiger partial charge on any atom is -0.383 e. The molecule has 0 bridgehead atoms. The number of aliphatic hydroxyl groups excluding tert-OH is 1. The second-order valence-electron chi connectivity index (χ2n) is 6.77. The molecule has 0 radical (unpaired) electrons. The number of likely N-dealkylation sites (N-methyl/N-ethyl adjacent to an activating group) is 1. The lowest BCUT2D eigenvalue weighted by atomic mass is 10.1. The monoisotopic (exact) mass is 361 g/mol. The molecule has 0 aliphatic rings. The van der Waals surface area contributed by atoms with Gasteiger partial charge in [-0.25, -0.2) is 0 Å². The van der Waals surface area contributed by atoms with Crippen LogP contribution in [0.5, 0.6) is 0 Å². The van der Waals surface area contributed by atoms with Crippen LogP contribution in [0.15, 0.2) is 12.2 Å². The molecule has 0 spiro atoms. The van der Waals surface area contributed by atoms with Crippen molar-refractivity contribution in [2.75, 3.05) is 14.1 Å². The van der Waals surface area contributed by atoms with E-state index in [0.29, 0.717) is 6.42 Å². The fourth-order valence-corrected chi connectivity index (χ4v) is 2.65. The number of aliphatic hydroxyl groups is 1. The van der Waals surface area contributed by atoms with Gasteiger partial charge >= 0.3 is 0 Å². The van der Waals surface area contributed by atoms with Crippen molar-refractivity contribution < 1.29 is 9.90 Å². The van der Waals surface area contributed by atoms with Crippen LogP contribution in [-0.2, 0) is 4.79 Å². The van der Waals surface area contributed by atoms with E-state index in [1.165, 1.54) is 62.7 Å². The summed E-state index contributed by atoms with van der Waals surface area (Å²) in [5, 5.41) is 9.68. The minimum absolute atomic E-state index is 0. The Hall–Kier alpha value is -0.540. The fourth-order valence-electron chi connectivity index (χ4n) is 2.65. The predicted molar refractivity (Wildman–Crippen MR) is 107 cm³/mol. The van der Waals surface area contributed by atoms with E-state index in [0.717, 1.165) is 19.3 Å². The zero-order valence-electron chi connectivity index (χ0n) is 16.1. The van der Waals surface area contributed by atoms with Crippen molar-refractivity contribution in [3.63, 3.8) is 0 Å². The van der Waals surface area contributed by atoms with Crippen molar-refractivity contribution in [3.05, 3.63) is 12.2 Å². The number of hydrogen-bond donors (Lipinski definition) is 1. The molecule has 1 amide bonds. The molecule has 0 fully saturated rings. The number of rotatable bonds is 15. The predicted octanol–water partition coefficient (Wildman–Crippen LogP) is 5.50. The van der Waals surface area contributed by atoms with E-state index < -0.39 is 6.10 Å². The molecule has 0 aliphatic carbocycles. The van der Waals surface area contributed by atoms with Gasteiger partial charge in [-0.1, -0.05) is 70.4 Å². The Labute approximate surface area is 156 Å². The lowest BCUT2D eigenvalue weighted by Crippen LogP contribution is -2.33. The van der Waals surface area contributed by atoms with Crippen LogP contribution in [0.25, 0.3) is 0 Å².